The number of hydrogen-bond acceptors (Lipinski definition) is 4. The number of methoxy groups -OCH3 is 1. The molecule has 0 aliphatic rings. The molecule has 7 heteroatoms. The predicted molar refractivity (Wildman–Crippen MR) is 85.6 cm³/mol. The summed E-state index contributed by atoms with van der Waals surface area (Å²) in [6.45, 7) is 3.64. The van der Waals surface area contributed by atoms with E-state index < -0.39 is 5.97 Å². The standard InChI is InChI=1S/C15H21ClN2O4/c1-10(2)18(9-15(20)21)14(19)6-7-17-12-8-11(16)4-5-13(12)22-3/h4-5,8,10,17H,6-7,9H2,1-3H3,(H,20,21). The maximum atomic E-state index is 12.1. The van der Waals surface area contributed by atoms with E-state index in [1.807, 2.05) is 0 Å². The highest BCUT2D eigenvalue weighted by Gasteiger charge is 2.19. The van der Waals surface area contributed by atoms with Gasteiger partial charge in [-0.1, -0.05) is 11.6 Å². The Kier molecular flexibility index (Phi) is 6.98. The zero-order valence-electron chi connectivity index (χ0n) is 12.9. The van der Waals surface area contributed by atoms with Crippen molar-refractivity contribution in [1.29, 1.82) is 0 Å². The number of carboxylic acid groups (broad SMARTS) is 1. The molecule has 22 heavy (non-hydrogen) atoms. The number of halogens is 1. The van der Waals surface area contributed by atoms with E-state index in [0.29, 0.717) is 23.0 Å². The van der Waals surface area contributed by atoms with E-state index in [-0.39, 0.29) is 24.9 Å². The third kappa shape index (κ3) is 5.44. The Morgan fingerprint density at radius 3 is 2.64 bits per heavy atom. The number of anilines is 1. The SMILES string of the molecule is COc1ccc(Cl)cc1NCCC(=O)N(CC(=O)O)C(C)C. The number of nitrogens with one attached hydrogen (secondary N) is 1. The second-order valence-electron chi connectivity index (χ2n) is 5.03. The molecule has 122 valence electrons. The van der Waals surface area contributed by atoms with Crippen LogP contribution in [0.25, 0.3) is 0 Å². The molecule has 2 N–H and O–H groups in total. The van der Waals surface area contributed by atoms with Crippen molar-refractivity contribution < 1.29 is 19.4 Å². The van der Waals surface area contributed by atoms with Crippen LogP contribution in [0, 0.1) is 0 Å². The zero-order chi connectivity index (χ0) is 16.7. The monoisotopic (exact) mass is 328 g/mol. The number of amides is 1. The Morgan fingerprint density at radius 1 is 1.41 bits per heavy atom. The van der Waals surface area contributed by atoms with Crippen molar-refractivity contribution in [2.75, 3.05) is 25.5 Å². The van der Waals surface area contributed by atoms with Gasteiger partial charge >= 0.3 is 5.97 Å². The Labute approximate surface area is 135 Å². The van der Waals surface area contributed by atoms with Crippen LogP contribution in [0.1, 0.15) is 20.3 Å². The van der Waals surface area contributed by atoms with Crippen LogP contribution in [0.5, 0.6) is 5.75 Å². The minimum absolute atomic E-state index is 0.163. The number of hydrogen-bond donors (Lipinski definition) is 2. The third-order valence-electron chi connectivity index (χ3n) is 3.07. The minimum atomic E-state index is -1.02. The van der Waals surface area contributed by atoms with E-state index in [2.05, 4.69) is 5.32 Å². The summed E-state index contributed by atoms with van der Waals surface area (Å²) in [4.78, 5) is 24.2. The molecule has 0 bridgehead atoms. The Morgan fingerprint density at radius 2 is 2.09 bits per heavy atom. The number of rotatable bonds is 8. The van der Waals surface area contributed by atoms with Crippen molar-refractivity contribution in [1.82, 2.24) is 4.90 Å². The Balaban J connectivity index is 2.60. The van der Waals surface area contributed by atoms with Crippen LogP contribution < -0.4 is 10.1 Å². The number of benzene rings is 1. The maximum Gasteiger partial charge on any atom is 0.323 e. The van der Waals surface area contributed by atoms with Crippen LogP contribution in [-0.4, -0.2) is 48.1 Å². The van der Waals surface area contributed by atoms with Crippen LogP contribution in [0.15, 0.2) is 18.2 Å². The zero-order valence-corrected chi connectivity index (χ0v) is 13.7. The molecule has 0 heterocycles. The Bertz CT molecular complexity index is 534. The molecule has 0 fully saturated rings. The lowest BCUT2D eigenvalue weighted by Gasteiger charge is -2.25. The molecule has 0 aliphatic carbocycles. The normalized spacial score (nSPS) is 10.4. The molecule has 0 spiro atoms. The van der Waals surface area contributed by atoms with Crippen molar-refractivity contribution >= 4 is 29.2 Å². The minimum Gasteiger partial charge on any atom is -0.495 e. The van der Waals surface area contributed by atoms with Gasteiger partial charge in [0.15, 0.2) is 0 Å². The predicted octanol–water partition coefficient (Wildman–Crippen LogP) is 2.47. The van der Waals surface area contributed by atoms with Gasteiger partial charge in [-0.2, -0.15) is 0 Å². The first-order chi connectivity index (χ1) is 10.3. The molecule has 1 amide bonds. The number of carbonyl (C=O) groups is 2. The van der Waals surface area contributed by atoms with Crippen LogP contribution >= 0.6 is 11.6 Å². The summed E-state index contributed by atoms with van der Waals surface area (Å²) in [5.41, 5.74) is 0.692. The summed E-state index contributed by atoms with van der Waals surface area (Å²) in [5.74, 6) is -0.611. The summed E-state index contributed by atoms with van der Waals surface area (Å²) in [5, 5.41) is 12.5. The summed E-state index contributed by atoms with van der Waals surface area (Å²) in [6, 6.07) is 4.99. The molecule has 0 aromatic heterocycles. The highest BCUT2D eigenvalue weighted by atomic mass is 35.5. The lowest BCUT2D eigenvalue weighted by molar-refractivity contribution is -0.145. The van der Waals surface area contributed by atoms with Crippen molar-refractivity contribution in [3.8, 4) is 5.75 Å². The van der Waals surface area contributed by atoms with Crippen molar-refractivity contribution in [2.24, 2.45) is 0 Å². The molecule has 1 aromatic rings. The van der Waals surface area contributed by atoms with Gasteiger partial charge in [0.1, 0.15) is 12.3 Å². The van der Waals surface area contributed by atoms with E-state index in [9.17, 15) is 9.59 Å². The molecule has 0 saturated carbocycles. The number of nitrogens with zero attached hydrogens (tertiary/aromatic N) is 1. The second-order valence-corrected chi connectivity index (χ2v) is 5.47. The highest BCUT2D eigenvalue weighted by Crippen LogP contribution is 2.27. The first kappa shape index (κ1) is 18.1. The lowest BCUT2D eigenvalue weighted by Crippen LogP contribution is -2.41. The molecule has 0 atom stereocenters. The van der Waals surface area contributed by atoms with Crippen LogP contribution in [0.4, 0.5) is 5.69 Å². The van der Waals surface area contributed by atoms with Crippen molar-refractivity contribution in [2.45, 2.75) is 26.3 Å². The van der Waals surface area contributed by atoms with Gasteiger partial charge < -0.3 is 20.1 Å². The molecule has 6 nitrogen and oxygen atoms in total. The first-order valence-corrected chi connectivity index (χ1v) is 7.31. The van der Waals surface area contributed by atoms with Gasteiger partial charge in [-0.25, -0.2) is 0 Å². The van der Waals surface area contributed by atoms with Crippen molar-refractivity contribution in [3.05, 3.63) is 23.2 Å². The number of aliphatic carboxylic acids is 1. The number of carbonyl (C=O) groups excluding carboxylic acids is 1. The summed E-state index contributed by atoms with van der Waals surface area (Å²) in [6.07, 6.45) is 0.182. The first-order valence-electron chi connectivity index (χ1n) is 6.93. The third-order valence-corrected chi connectivity index (χ3v) is 3.30. The van der Waals surface area contributed by atoms with E-state index in [4.69, 9.17) is 21.4 Å². The van der Waals surface area contributed by atoms with Crippen LogP contribution in [0.2, 0.25) is 5.02 Å². The average Bonchev–Trinajstić information content (AvgIpc) is 2.44. The van der Waals surface area contributed by atoms with E-state index in [0.717, 1.165) is 0 Å². The van der Waals surface area contributed by atoms with E-state index >= 15 is 0 Å². The second kappa shape index (κ2) is 8.48. The van der Waals surface area contributed by atoms with Crippen molar-refractivity contribution in [3.63, 3.8) is 0 Å². The van der Waals surface area contributed by atoms with Gasteiger partial charge in [0, 0.05) is 24.0 Å². The fourth-order valence-corrected chi connectivity index (χ4v) is 2.14. The number of ether oxygens (including phenoxy) is 1. The van der Waals surface area contributed by atoms with E-state index in [1.165, 1.54) is 4.90 Å². The number of carboxylic acids is 1. The maximum absolute atomic E-state index is 12.1. The molecule has 0 radical (unpaired) electrons. The summed E-state index contributed by atoms with van der Waals surface area (Å²) >= 11 is 5.93. The van der Waals surface area contributed by atoms with Gasteiger partial charge in [-0.05, 0) is 32.0 Å². The molecule has 0 saturated heterocycles. The van der Waals surface area contributed by atoms with Gasteiger partial charge in [-0.15, -0.1) is 0 Å². The molecule has 1 aromatic carbocycles. The van der Waals surface area contributed by atoms with Gasteiger partial charge in [0.05, 0.1) is 12.8 Å². The average molecular weight is 329 g/mol. The summed E-state index contributed by atoms with van der Waals surface area (Å²) in [7, 11) is 1.55. The molecular formula is C15H21ClN2O4. The quantitative estimate of drug-likeness (QED) is 0.766. The van der Waals surface area contributed by atoms with Gasteiger partial charge in [0.25, 0.3) is 0 Å². The lowest BCUT2D eigenvalue weighted by atomic mass is 10.2. The molecular weight excluding hydrogens is 308 g/mol. The summed E-state index contributed by atoms with van der Waals surface area (Å²) < 4.78 is 5.20. The highest BCUT2D eigenvalue weighted by molar-refractivity contribution is 6.30. The van der Waals surface area contributed by atoms with Crippen LogP contribution in [-0.2, 0) is 9.59 Å². The van der Waals surface area contributed by atoms with Crippen LogP contribution in [0.3, 0.4) is 0 Å². The molecule has 0 aliphatic heterocycles. The Hall–Kier alpha value is -1.95. The topological polar surface area (TPSA) is 78.9 Å². The molecule has 1 rings (SSSR count). The van der Waals surface area contributed by atoms with Gasteiger partial charge in [0.2, 0.25) is 5.91 Å². The molecule has 0 unspecified atom stereocenters. The largest absolute Gasteiger partial charge is 0.495 e. The fourth-order valence-electron chi connectivity index (χ4n) is 1.97. The fraction of sp³-hybridized carbons (Fsp3) is 0.467. The van der Waals surface area contributed by atoms with Gasteiger partial charge in [-0.3, -0.25) is 9.59 Å². The van der Waals surface area contributed by atoms with E-state index in [1.54, 1.807) is 39.2 Å². The smallest absolute Gasteiger partial charge is 0.323 e.